The molecule has 0 radical (unpaired) electrons. The van der Waals surface area contributed by atoms with E-state index >= 15 is 0 Å². The molecule has 1 fully saturated rings. The Hall–Kier alpha value is -0.940. The fourth-order valence-electron chi connectivity index (χ4n) is 2.62. The molecule has 4 nitrogen and oxygen atoms in total. The predicted octanol–water partition coefficient (Wildman–Crippen LogP) is 3.22. The van der Waals surface area contributed by atoms with Crippen LogP contribution in [0.4, 0.5) is 0 Å². The first kappa shape index (κ1) is 16.4. The lowest BCUT2D eigenvalue weighted by molar-refractivity contribution is -0.151. The largest absolute Gasteiger partial charge is 0.468 e. The van der Waals surface area contributed by atoms with Crippen molar-refractivity contribution in [2.75, 3.05) is 12.4 Å². The highest BCUT2D eigenvalue weighted by atomic mass is 32.2. The van der Waals surface area contributed by atoms with Crippen molar-refractivity contribution in [1.29, 1.82) is 0 Å². The van der Waals surface area contributed by atoms with Crippen LogP contribution in [-0.4, -0.2) is 29.9 Å². The summed E-state index contributed by atoms with van der Waals surface area (Å²) in [5.41, 5.74) is -0.554. The zero-order valence-corrected chi connectivity index (χ0v) is 13.9. The molecule has 1 heterocycles. The van der Waals surface area contributed by atoms with E-state index in [4.69, 9.17) is 9.15 Å². The van der Waals surface area contributed by atoms with Gasteiger partial charge in [-0.15, -0.1) is 0 Å². The minimum Gasteiger partial charge on any atom is -0.468 e. The summed E-state index contributed by atoms with van der Waals surface area (Å²) in [5.74, 6) is 2.73. The first-order chi connectivity index (χ1) is 10.1. The van der Waals surface area contributed by atoms with Gasteiger partial charge in [-0.25, -0.2) is 0 Å². The molecule has 1 aromatic heterocycles. The molecule has 1 saturated carbocycles. The second-order valence-corrected chi connectivity index (χ2v) is 6.82. The Morgan fingerprint density at radius 1 is 1.57 bits per heavy atom. The molecule has 1 aliphatic rings. The Morgan fingerprint density at radius 3 is 2.86 bits per heavy atom. The van der Waals surface area contributed by atoms with Gasteiger partial charge in [0, 0.05) is 11.8 Å². The molecule has 0 aromatic carbocycles. The number of furan rings is 1. The molecule has 1 aliphatic carbocycles. The Balaban J connectivity index is 2.03. The molecule has 118 valence electrons. The molecule has 1 unspecified atom stereocenters. The van der Waals surface area contributed by atoms with Gasteiger partial charge in [0.2, 0.25) is 0 Å². The van der Waals surface area contributed by atoms with E-state index in [1.165, 1.54) is 0 Å². The van der Waals surface area contributed by atoms with Crippen LogP contribution in [0.5, 0.6) is 0 Å². The fourth-order valence-corrected chi connectivity index (χ4v) is 3.85. The highest BCUT2D eigenvalue weighted by Crippen LogP contribution is 2.43. The second kappa shape index (κ2) is 7.36. The first-order valence-corrected chi connectivity index (χ1v) is 8.79. The molecule has 21 heavy (non-hydrogen) atoms. The van der Waals surface area contributed by atoms with Gasteiger partial charge in [-0.2, -0.15) is 11.8 Å². The number of rotatable bonds is 9. The molecule has 0 amide bonds. The Morgan fingerprint density at radius 2 is 2.33 bits per heavy atom. The quantitative estimate of drug-likeness (QED) is 0.710. The van der Waals surface area contributed by atoms with Crippen LogP contribution in [0, 0.1) is 5.92 Å². The zero-order valence-electron chi connectivity index (χ0n) is 13.1. The molecule has 1 N–H and O–H groups in total. The molecular weight excluding hydrogens is 286 g/mol. The topological polar surface area (TPSA) is 51.5 Å². The van der Waals surface area contributed by atoms with Crippen LogP contribution in [0.2, 0.25) is 0 Å². The SMILES string of the molecule is CCOC(=O)C(CSCc1ccco1)(NC(C)C)C1CC1. The van der Waals surface area contributed by atoms with E-state index in [0.29, 0.717) is 12.5 Å². The Bertz CT molecular complexity index is 442. The minimum atomic E-state index is -0.554. The van der Waals surface area contributed by atoms with Gasteiger partial charge < -0.3 is 9.15 Å². The van der Waals surface area contributed by atoms with Crippen LogP contribution in [0.25, 0.3) is 0 Å². The van der Waals surface area contributed by atoms with Crippen LogP contribution >= 0.6 is 11.8 Å². The summed E-state index contributed by atoms with van der Waals surface area (Å²) in [6.07, 6.45) is 3.88. The van der Waals surface area contributed by atoms with Crippen molar-refractivity contribution >= 4 is 17.7 Å². The van der Waals surface area contributed by atoms with Crippen LogP contribution in [0.3, 0.4) is 0 Å². The lowest BCUT2D eigenvalue weighted by Gasteiger charge is -2.34. The zero-order chi connectivity index (χ0) is 15.3. The van der Waals surface area contributed by atoms with Gasteiger partial charge >= 0.3 is 5.97 Å². The van der Waals surface area contributed by atoms with Crippen molar-refractivity contribution in [2.24, 2.45) is 5.92 Å². The number of hydrogen-bond donors (Lipinski definition) is 1. The van der Waals surface area contributed by atoms with Gasteiger partial charge in [-0.05, 0) is 51.7 Å². The summed E-state index contributed by atoms with van der Waals surface area (Å²) < 4.78 is 10.7. The van der Waals surface area contributed by atoms with E-state index in [2.05, 4.69) is 19.2 Å². The highest BCUT2D eigenvalue weighted by Gasteiger charge is 2.52. The maximum atomic E-state index is 12.6. The van der Waals surface area contributed by atoms with Crippen molar-refractivity contribution in [3.05, 3.63) is 24.2 Å². The Labute approximate surface area is 131 Å². The normalized spacial score (nSPS) is 17.7. The van der Waals surface area contributed by atoms with Crippen LogP contribution < -0.4 is 5.32 Å². The molecule has 5 heteroatoms. The maximum absolute atomic E-state index is 12.6. The molecular formula is C16H25NO3S. The van der Waals surface area contributed by atoms with Crippen LogP contribution in [-0.2, 0) is 15.3 Å². The number of nitrogens with one attached hydrogen (secondary N) is 1. The summed E-state index contributed by atoms with van der Waals surface area (Å²) in [4.78, 5) is 12.6. The lowest BCUT2D eigenvalue weighted by atomic mass is 9.94. The standard InChI is InChI=1S/C16H25NO3S/c1-4-19-15(18)16(13-7-8-13,17-12(2)3)11-21-10-14-6-5-9-20-14/h5-6,9,12-13,17H,4,7-8,10-11H2,1-3H3. The Kier molecular flexibility index (Phi) is 5.76. The van der Waals surface area contributed by atoms with Gasteiger partial charge in [-0.3, -0.25) is 10.1 Å². The van der Waals surface area contributed by atoms with Crippen molar-refractivity contribution in [1.82, 2.24) is 5.32 Å². The molecule has 0 aliphatic heterocycles. The smallest absolute Gasteiger partial charge is 0.327 e. The number of carbonyl (C=O) groups excluding carboxylic acids is 1. The molecule has 0 saturated heterocycles. The monoisotopic (exact) mass is 311 g/mol. The fraction of sp³-hybridized carbons (Fsp3) is 0.688. The van der Waals surface area contributed by atoms with E-state index in [9.17, 15) is 4.79 Å². The summed E-state index contributed by atoms with van der Waals surface area (Å²) in [6, 6.07) is 4.10. The summed E-state index contributed by atoms with van der Waals surface area (Å²) in [7, 11) is 0. The number of thioether (sulfide) groups is 1. The third kappa shape index (κ3) is 4.27. The average molecular weight is 311 g/mol. The maximum Gasteiger partial charge on any atom is 0.327 e. The van der Waals surface area contributed by atoms with E-state index in [0.717, 1.165) is 30.1 Å². The highest BCUT2D eigenvalue weighted by molar-refractivity contribution is 7.98. The number of ether oxygens (including phenoxy) is 1. The van der Waals surface area contributed by atoms with Gasteiger partial charge in [0.15, 0.2) is 0 Å². The molecule has 1 atom stereocenters. The van der Waals surface area contributed by atoms with Gasteiger partial charge in [0.05, 0.1) is 18.6 Å². The van der Waals surface area contributed by atoms with E-state index in [1.807, 2.05) is 19.1 Å². The summed E-state index contributed by atoms with van der Waals surface area (Å²) in [5, 5.41) is 3.49. The minimum absolute atomic E-state index is 0.104. The molecule has 1 aromatic rings. The predicted molar refractivity (Wildman–Crippen MR) is 85.2 cm³/mol. The van der Waals surface area contributed by atoms with E-state index in [1.54, 1.807) is 18.0 Å². The number of hydrogen-bond acceptors (Lipinski definition) is 5. The number of carbonyl (C=O) groups is 1. The van der Waals surface area contributed by atoms with Gasteiger partial charge in [0.1, 0.15) is 11.3 Å². The van der Waals surface area contributed by atoms with E-state index in [-0.39, 0.29) is 12.0 Å². The number of esters is 1. The van der Waals surface area contributed by atoms with Crippen LogP contribution in [0.1, 0.15) is 39.4 Å². The second-order valence-electron chi connectivity index (χ2n) is 5.84. The molecule has 2 rings (SSSR count). The van der Waals surface area contributed by atoms with Gasteiger partial charge in [0.25, 0.3) is 0 Å². The van der Waals surface area contributed by atoms with Crippen molar-refractivity contribution in [3.8, 4) is 0 Å². The molecule has 0 bridgehead atoms. The molecule has 0 spiro atoms. The van der Waals surface area contributed by atoms with Crippen molar-refractivity contribution < 1.29 is 13.9 Å². The summed E-state index contributed by atoms with van der Waals surface area (Å²) in [6.45, 7) is 6.44. The average Bonchev–Trinajstić information content (AvgIpc) is 3.16. The first-order valence-electron chi connectivity index (χ1n) is 7.63. The van der Waals surface area contributed by atoms with Crippen LogP contribution in [0.15, 0.2) is 22.8 Å². The van der Waals surface area contributed by atoms with Gasteiger partial charge in [-0.1, -0.05) is 0 Å². The third-order valence-electron chi connectivity index (χ3n) is 3.61. The van der Waals surface area contributed by atoms with Crippen molar-refractivity contribution in [2.45, 2.75) is 50.9 Å². The van der Waals surface area contributed by atoms with Crippen molar-refractivity contribution in [3.63, 3.8) is 0 Å². The summed E-state index contributed by atoms with van der Waals surface area (Å²) >= 11 is 1.73. The lowest BCUT2D eigenvalue weighted by Crippen LogP contribution is -2.59. The van der Waals surface area contributed by atoms with E-state index < -0.39 is 5.54 Å². The third-order valence-corrected chi connectivity index (χ3v) is 4.76.